The molecule has 208 valence electrons. The number of fused-ring (bicyclic) bond motifs is 3. The minimum Gasteiger partial charge on any atom is -0.493 e. The Hall–Kier alpha value is -3.58. The molecule has 0 amide bonds. The molecule has 4 aromatic carbocycles. The molecule has 0 unspecified atom stereocenters. The molecule has 6 rings (SSSR count). The van der Waals surface area contributed by atoms with Gasteiger partial charge in [0.05, 0.1) is 22.4 Å². The molecule has 1 aliphatic carbocycles. The van der Waals surface area contributed by atoms with Gasteiger partial charge in [0.25, 0.3) is 0 Å². The second-order valence-electron chi connectivity index (χ2n) is 11.2. The number of aryl methyl sites for hydroxylation is 3. The van der Waals surface area contributed by atoms with E-state index in [0.29, 0.717) is 24.2 Å². The van der Waals surface area contributed by atoms with Gasteiger partial charge in [-0.15, -0.1) is 0 Å². The van der Waals surface area contributed by atoms with Crippen molar-refractivity contribution in [1.29, 1.82) is 0 Å². The number of nitrogens with zero attached hydrogens (tertiary/aromatic N) is 1. The summed E-state index contributed by atoms with van der Waals surface area (Å²) in [6, 6.07) is 26.2. The molecule has 1 heterocycles. The van der Waals surface area contributed by atoms with Gasteiger partial charge in [-0.2, -0.15) is 0 Å². The molecule has 2 aliphatic rings. The summed E-state index contributed by atoms with van der Waals surface area (Å²) in [5.41, 5.74) is 10.8. The highest BCUT2D eigenvalue weighted by Gasteiger charge is 2.37. The second kappa shape index (κ2) is 11.7. The summed E-state index contributed by atoms with van der Waals surface area (Å²) in [4.78, 5) is 4.78. The molecule has 3 atom stereocenters. The average Bonchev–Trinajstić information content (AvgIpc) is 3.45. The van der Waals surface area contributed by atoms with Crippen molar-refractivity contribution in [3.8, 4) is 11.5 Å². The second-order valence-corrected chi connectivity index (χ2v) is 12.4. The van der Waals surface area contributed by atoms with Crippen LogP contribution in [-0.2, 0) is 6.61 Å². The Labute approximate surface area is 256 Å². The topological polar surface area (TPSA) is 42.8 Å². The van der Waals surface area contributed by atoms with E-state index in [1.54, 1.807) is 7.11 Å². The first-order valence-corrected chi connectivity index (χ1v) is 15.2. The van der Waals surface area contributed by atoms with E-state index in [0.717, 1.165) is 32.6 Å². The Morgan fingerprint density at radius 3 is 2.46 bits per heavy atom. The third kappa shape index (κ3) is 5.91. The number of methoxy groups -OCH3 is 1. The van der Waals surface area contributed by atoms with Gasteiger partial charge in [-0.05, 0) is 108 Å². The van der Waals surface area contributed by atoms with Crippen LogP contribution < -0.4 is 14.8 Å². The fraction of sp³-hybridized carbons (Fsp3) is 0.250. The maximum Gasteiger partial charge on any atom is 0.174 e. The van der Waals surface area contributed by atoms with E-state index in [-0.39, 0.29) is 6.04 Å². The molecule has 4 aromatic rings. The molecule has 1 aliphatic heterocycles. The third-order valence-corrected chi connectivity index (χ3v) is 8.85. The Bertz CT molecular complexity index is 1620. The number of rotatable bonds is 7. The van der Waals surface area contributed by atoms with Crippen LogP contribution in [0.5, 0.6) is 11.5 Å². The van der Waals surface area contributed by atoms with Gasteiger partial charge in [0.2, 0.25) is 0 Å². The molecule has 5 heteroatoms. The normalized spacial score (nSPS) is 19.1. The number of halogens is 1. The number of hydrogen-bond acceptors (Lipinski definition) is 4. The van der Waals surface area contributed by atoms with Crippen LogP contribution in [0.3, 0.4) is 0 Å². The maximum atomic E-state index is 6.21. The minimum absolute atomic E-state index is 0.283. The molecule has 0 aromatic heterocycles. The number of nitrogens with one attached hydrogen (secondary N) is 1. The molecule has 0 radical (unpaired) electrons. The Balaban J connectivity index is 1.17. The molecule has 1 N–H and O–H groups in total. The summed E-state index contributed by atoms with van der Waals surface area (Å²) in [6.45, 7) is 6.88. The smallest absolute Gasteiger partial charge is 0.174 e. The van der Waals surface area contributed by atoms with Gasteiger partial charge in [0, 0.05) is 17.8 Å². The number of aliphatic imine (C=N–C) groups is 1. The first-order chi connectivity index (χ1) is 19.9. The van der Waals surface area contributed by atoms with E-state index < -0.39 is 0 Å². The van der Waals surface area contributed by atoms with Gasteiger partial charge in [0.1, 0.15) is 6.61 Å². The molecule has 0 fully saturated rings. The highest BCUT2D eigenvalue weighted by molar-refractivity contribution is 14.1. The molecular weight excluding hydrogens is 619 g/mol. The summed E-state index contributed by atoms with van der Waals surface area (Å²) < 4.78 is 12.9. The average molecular weight is 655 g/mol. The zero-order valence-electron chi connectivity index (χ0n) is 23.9. The van der Waals surface area contributed by atoms with E-state index in [1.165, 1.54) is 33.5 Å². The van der Waals surface area contributed by atoms with Crippen LogP contribution in [0.2, 0.25) is 0 Å². The highest BCUT2D eigenvalue weighted by atomic mass is 127. The van der Waals surface area contributed by atoms with Crippen LogP contribution >= 0.6 is 22.6 Å². The van der Waals surface area contributed by atoms with Crippen molar-refractivity contribution in [3.05, 3.63) is 127 Å². The van der Waals surface area contributed by atoms with Crippen LogP contribution in [0.15, 0.2) is 89.9 Å². The van der Waals surface area contributed by atoms with Crippen molar-refractivity contribution in [2.75, 3.05) is 12.4 Å². The lowest BCUT2D eigenvalue weighted by molar-refractivity contribution is 0.282. The zero-order chi connectivity index (χ0) is 28.5. The van der Waals surface area contributed by atoms with Crippen LogP contribution in [0.1, 0.15) is 57.3 Å². The number of anilines is 1. The van der Waals surface area contributed by atoms with Gasteiger partial charge in [-0.25, -0.2) is 0 Å². The fourth-order valence-electron chi connectivity index (χ4n) is 6.22. The summed E-state index contributed by atoms with van der Waals surface area (Å²) in [7, 11) is 1.68. The largest absolute Gasteiger partial charge is 0.493 e. The van der Waals surface area contributed by atoms with Crippen molar-refractivity contribution in [2.24, 2.45) is 10.9 Å². The van der Waals surface area contributed by atoms with Crippen LogP contribution in [0, 0.1) is 30.3 Å². The van der Waals surface area contributed by atoms with E-state index in [9.17, 15) is 0 Å². The summed E-state index contributed by atoms with van der Waals surface area (Å²) in [5, 5.41) is 3.83. The predicted octanol–water partition coefficient (Wildman–Crippen LogP) is 9.38. The molecule has 0 saturated heterocycles. The lowest BCUT2D eigenvalue weighted by Gasteiger charge is -2.37. The number of hydrogen-bond donors (Lipinski definition) is 1. The van der Waals surface area contributed by atoms with E-state index >= 15 is 0 Å². The van der Waals surface area contributed by atoms with Gasteiger partial charge < -0.3 is 14.8 Å². The van der Waals surface area contributed by atoms with Crippen LogP contribution in [0.25, 0.3) is 0 Å². The van der Waals surface area contributed by atoms with E-state index in [2.05, 4.69) is 128 Å². The Morgan fingerprint density at radius 2 is 1.71 bits per heavy atom. The standard InChI is InChI=1S/C36H35IN2O2/c1-22-8-13-33-31(17-22)29-6-5-7-30(29)35(39-33)27-9-11-28(12-10-27)38-20-25-18-32(37)36(34(19-25)40-4)41-21-26-15-23(2)14-24(3)16-26/h5-6,8-20,29-30,35,39H,7,21H2,1-4H3/t29-,30-,35-/m0/s1. The highest BCUT2D eigenvalue weighted by Crippen LogP contribution is 2.50. The Morgan fingerprint density at radius 1 is 0.927 bits per heavy atom. The van der Waals surface area contributed by atoms with Gasteiger partial charge >= 0.3 is 0 Å². The molecule has 0 saturated carbocycles. The lowest BCUT2D eigenvalue weighted by Crippen LogP contribution is -2.29. The number of benzene rings is 4. The SMILES string of the molecule is COc1cc(C=Nc2ccc([C@@H]3Nc4ccc(C)cc4[C@H]4C=CC[C@@H]43)cc2)cc(I)c1OCc1cc(C)cc(C)c1. The molecule has 4 nitrogen and oxygen atoms in total. The summed E-state index contributed by atoms with van der Waals surface area (Å²) >= 11 is 2.31. The summed E-state index contributed by atoms with van der Waals surface area (Å²) in [6.07, 6.45) is 7.72. The molecule has 0 bridgehead atoms. The van der Waals surface area contributed by atoms with Gasteiger partial charge in [-0.1, -0.05) is 71.3 Å². The van der Waals surface area contributed by atoms with Crippen LogP contribution in [0.4, 0.5) is 11.4 Å². The molecule has 41 heavy (non-hydrogen) atoms. The maximum absolute atomic E-state index is 6.21. The zero-order valence-corrected chi connectivity index (χ0v) is 26.1. The van der Waals surface area contributed by atoms with Gasteiger partial charge in [0.15, 0.2) is 11.5 Å². The fourth-order valence-corrected chi connectivity index (χ4v) is 7.00. The lowest BCUT2D eigenvalue weighted by atomic mass is 9.76. The van der Waals surface area contributed by atoms with E-state index in [1.807, 2.05) is 12.3 Å². The van der Waals surface area contributed by atoms with Crippen molar-refractivity contribution in [3.63, 3.8) is 0 Å². The van der Waals surface area contributed by atoms with Gasteiger partial charge in [-0.3, -0.25) is 4.99 Å². The quantitative estimate of drug-likeness (QED) is 0.123. The predicted molar refractivity (Wildman–Crippen MR) is 177 cm³/mol. The van der Waals surface area contributed by atoms with Crippen molar-refractivity contribution >= 4 is 40.2 Å². The van der Waals surface area contributed by atoms with Crippen molar-refractivity contribution < 1.29 is 9.47 Å². The Kier molecular flexibility index (Phi) is 7.89. The third-order valence-electron chi connectivity index (χ3n) is 8.05. The molecule has 0 spiro atoms. The minimum atomic E-state index is 0.283. The number of allylic oxidation sites excluding steroid dienone is 2. The first-order valence-electron chi connectivity index (χ1n) is 14.1. The first kappa shape index (κ1) is 27.6. The van der Waals surface area contributed by atoms with Crippen molar-refractivity contribution in [1.82, 2.24) is 0 Å². The summed E-state index contributed by atoms with van der Waals surface area (Å²) in [5.74, 6) is 2.46. The number of ether oxygens (including phenoxy) is 2. The van der Waals surface area contributed by atoms with Crippen molar-refractivity contribution in [2.45, 2.75) is 45.8 Å². The monoisotopic (exact) mass is 654 g/mol. The van der Waals surface area contributed by atoms with E-state index in [4.69, 9.17) is 14.5 Å². The van der Waals surface area contributed by atoms with Crippen LogP contribution in [-0.4, -0.2) is 13.3 Å². The molecular formula is C36H35IN2O2.